The molecule has 4 nitrogen and oxygen atoms in total. The number of rotatable bonds is 4. The van der Waals surface area contributed by atoms with E-state index in [9.17, 15) is 0 Å². The summed E-state index contributed by atoms with van der Waals surface area (Å²) in [4.78, 5) is 14.9. The second kappa shape index (κ2) is 9.09. The summed E-state index contributed by atoms with van der Waals surface area (Å²) in [5.74, 6) is 1.89. The third-order valence-corrected chi connectivity index (χ3v) is 6.81. The lowest BCUT2D eigenvalue weighted by Crippen LogP contribution is -2.00. The van der Waals surface area contributed by atoms with Crippen molar-refractivity contribution in [2.75, 3.05) is 0 Å². The molecule has 2 heterocycles. The highest BCUT2D eigenvalue weighted by atomic mass is 16.3. The number of hydrogen-bond donors (Lipinski definition) is 0. The molecule has 0 aliphatic heterocycles. The van der Waals surface area contributed by atoms with Crippen LogP contribution in [0.15, 0.2) is 126 Å². The maximum Gasteiger partial charge on any atom is 0.164 e. The highest BCUT2D eigenvalue weighted by Gasteiger charge is 2.17. The van der Waals surface area contributed by atoms with Gasteiger partial charge < -0.3 is 4.42 Å². The molecular weight excluding hydrogens is 466 g/mol. The molecule has 0 fully saturated rings. The van der Waals surface area contributed by atoms with Crippen molar-refractivity contribution < 1.29 is 4.42 Å². The van der Waals surface area contributed by atoms with Gasteiger partial charge in [-0.15, -0.1) is 0 Å². The monoisotopic (exact) mass is 489 g/mol. The van der Waals surface area contributed by atoms with E-state index in [1.807, 2.05) is 54.6 Å². The number of furan rings is 1. The molecule has 0 N–H and O–H groups in total. The van der Waals surface area contributed by atoms with E-state index in [0.717, 1.165) is 44.2 Å². The SMILES string of the molecule is Cc1ccc2oc3cccc(-c4nc(-c5ccccc5)nc(-c5ccc(-c6ccccc6)cc5)n4)c3c2c1. The van der Waals surface area contributed by atoms with E-state index in [1.165, 1.54) is 11.1 Å². The number of benzene rings is 5. The van der Waals surface area contributed by atoms with Gasteiger partial charge in [-0.05, 0) is 36.2 Å². The van der Waals surface area contributed by atoms with Crippen molar-refractivity contribution in [3.8, 4) is 45.3 Å². The Kier molecular flexibility index (Phi) is 5.30. The first-order valence-electron chi connectivity index (χ1n) is 12.6. The van der Waals surface area contributed by atoms with Crippen molar-refractivity contribution in [2.24, 2.45) is 0 Å². The smallest absolute Gasteiger partial charge is 0.164 e. The molecular formula is C34H23N3O. The molecule has 2 aromatic heterocycles. The van der Waals surface area contributed by atoms with Crippen LogP contribution in [0.1, 0.15) is 5.56 Å². The van der Waals surface area contributed by atoms with Gasteiger partial charge in [-0.25, -0.2) is 15.0 Å². The average molecular weight is 490 g/mol. The Bertz CT molecular complexity index is 1910. The first kappa shape index (κ1) is 22.1. The van der Waals surface area contributed by atoms with Crippen LogP contribution in [0.2, 0.25) is 0 Å². The standard InChI is InChI=1S/C34H23N3O/c1-22-15-20-29-28(21-22)31-27(13-8-14-30(31)38-29)34-36-32(25-11-6-3-7-12-25)35-33(37-34)26-18-16-24(17-19-26)23-9-4-2-5-10-23/h2-21H,1H3. The van der Waals surface area contributed by atoms with Gasteiger partial charge in [0.05, 0.1) is 0 Å². The Hall–Kier alpha value is -5.09. The van der Waals surface area contributed by atoms with Gasteiger partial charge in [0, 0.05) is 27.5 Å². The summed E-state index contributed by atoms with van der Waals surface area (Å²) in [6, 6.07) is 41.1. The lowest BCUT2D eigenvalue weighted by Gasteiger charge is -2.10. The molecule has 7 rings (SSSR count). The number of aromatic nitrogens is 3. The molecule has 7 aromatic rings. The summed E-state index contributed by atoms with van der Waals surface area (Å²) in [5.41, 5.74) is 7.98. The third kappa shape index (κ3) is 3.93. The van der Waals surface area contributed by atoms with Crippen LogP contribution in [0.3, 0.4) is 0 Å². The summed E-state index contributed by atoms with van der Waals surface area (Å²) in [7, 11) is 0. The maximum atomic E-state index is 6.18. The zero-order valence-corrected chi connectivity index (χ0v) is 20.8. The van der Waals surface area contributed by atoms with Gasteiger partial charge in [-0.1, -0.05) is 109 Å². The Morgan fingerprint density at radius 3 is 1.76 bits per heavy atom. The molecule has 4 heteroatoms. The van der Waals surface area contributed by atoms with Crippen molar-refractivity contribution in [3.05, 3.63) is 127 Å². The zero-order valence-electron chi connectivity index (χ0n) is 20.8. The number of aryl methyl sites for hydroxylation is 1. The normalized spacial score (nSPS) is 11.3. The van der Waals surface area contributed by atoms with Gasteiger partial charge in [-0.3, -0.25) is 0 Å². The molecule has 180 valence electrons. The zero-order chi connectivity index (χ0) is 25.5. The summed E-state index contributed by atoms with van der Waals surface area (Å²) >= 11 is 0. The van der Waals surface area contributed by atoms with E-state index in [2.05, 4.69) is 73.7 Å². The van der Waals surface area contributed by atoms with Gasteiger partial charge in [0.25, 0.3) is 0 Å². The van der Waals surface area contributed by atoms with Gasteiger partial charge in [0.1, 0.15) is 11.2 Å². The van der Waals surface area contributed by atoms with Crippen LogP contribution in [-0.4, -0.2) is 15.0 Å². The molecule has 0 radical (unpaired) electrons. The molecule has 0 atom stereocenters. The minimum Gasteiger partial charge on any atom is -0.456 e. The fourth-order valence-electron chi connectivity index (χ4n) is 4.91. The Morgan fingerprint density at radius 1 is 0.474 bits per heavy atom. The molecule has 0 unspecified atom stereocenters. The molecule has 0 spiro atoms. The molecule has 0 bridgehead atoms. The number of fused-ring (bicyclic) bond motifs is 3. The summed E-state index contributed by atoms with van der Waals surface area (Å²) in [6.45, 7) is 2.09. The predicted molar refractivity (Wildman–Crippen MR) is 154 cm³/mol. The molecule has 0 saturated heterocycles. The number of nitrogens with zero attached hydrogens (tertiary/aromatic N) is 3. The van der Waals surface area contributed by atoms with Crippen molar-refractivity contribution in [1.29, 1.82) is 0 Å². The van der Waals surface area contributed by atoms with Crippen LogP contribution >= 0.6 is 0 Å². The van der Waals surface area contributed by atoms with E-state index in [0.29, 0.717) is 17.5 Å². The van der Waals surface area contributed by atoms with Crippen LogP contribution in [0.5, 0.6) is 0 Å². The maximum absolute atomic E-state index is 6.18. The molecule has 0 aliphatic rings. The first-order valence-corrected chi connectivity index (χ1v) is 12.6. The Balaban J connectivity index is 1.43. The highest BCUT2D eigenvalue weighted by Crippen LogP contribution is 2.37. The fourth-order valence-corrected chi connectivity index (χ4v) is 4.91. The van der Waals surface area contributed by atoms with E-state index >= 15 is 0 Å². The molecule has 0 aliphatic carbocycles. The van der Waals surface area contributed by atoms with Gasteiger partial charge in [0.15, 0.2) is 17.5 Å². The topological polar surface area (TPSA) is 51.8 Å². The fraction of sp³-hybridized carbons (Fsp3) is 0.0294. The molecule has 38 heavy (non-hydrogen) atoms. The van der Waals surface area contributed by atoms with E-state index in [1.54, 1.807) is 0 Å². The predicted octanol–water partition coefficient (Wildman–Crippen LogP) is 8.75. The minimum atomic E-state index is 0.621. The van der Waals surface area contributed by atoms with Crippen LogP contribution in [0, 0.1) is 6.92 Å². The second-order valence-electron chi connectivity index (χ2n) is 9.40. The Morgan fingerprint density at radius 2 is 1.05 bits per heavy atom. The minimum absolute atomic E-state index is 0.621. The second-order valence-corrected chi connectivity index (χ2v) is 9.40. The summed E-state index contributed by atoms with van der Waals surface area (Å²) in [5, 5.41) is 2.08. The first-order chi connectivity index (χ1) is 18.7. The van der Waals surface area contributed by atoms with Gasteiger partial charge >= 0.3 is 0 Å². The highest BCUT2D eigenvalue weighted by molar-refractivity contribution is 6.12. The van der Waals surface area contributed by atoms with Gasteiger partial charge in [-0.2, -0.15) is 0 Å². The molecule has 0 saturated carbocycles. The Labute approximate surface area is 220 Å². The van der Waals surface area contributed by atoms with Crippen molar-refractivity contribution in [1.82, 2.24) is 15.0 Å². The van der Waals surface area contributed by atoms with Crippen molar-refractivity contribution in [2.45, 2.75) is 6.92 Å². The summed E-state index contributed by atoms with van der Waals surface area (Å²) in [6.07, 6.45) is 0. The quantitative estimate of drug-likeness (QED) is 0.248. The van der Waals surface area contributed by atoms with E-state index < -0.39 is 0 Å². The van der Waals surface area contributed by atoms with E-state index in [-0.39, 0.29) is 0 Å². The summed E-state index contributed by atoms with van der Waals surface area (Å²) < 4.78 is 6.18. The van der Waals surface area contributed by atoms with E-state index in [4.69, 9.17) is 19.4 Å². The van der Waals surface area contributed by atoms with Crippen LogP contribution in [0.4, 0.5) is 0 Å². The van der Waals surface area contributed by atoms with Crippen LogP contribution in [0.25, 0.3) is 67.2 Å². The lowest BCUT2D eigenvalue weighted by molar-refractivity contribution is 0.669. The molecule has 0 amide bonds. The van der Waals surface area contributed by atoms with Crippen molar-refractivity contribution in [3.63, 3.8) is 0 Å². The third-order valence-electron chi connectivity index (χ3n) is 6.81. The number of hydrogen-bond acceptors (Lipinski definition) is 4. The lowest BCUT2D eigenvalue weighted by atomic mass is 10.0. The molecule has 5 aromatic carbocycles. The van der Waals surface area contributed by atoms with Crippen LogP contribution < -0.4 is 0 Å². The van der Waals surface area contributed by atoms with Crippen LogP contribution in [-0.2, 0) is 0 Å². The van der Waals surface area contributed by atoms with Crippen molar-refractivity contribution >= 4 is 21.9 Å². The average Bonchev–Trinajstić information content (AvgIpc) is 3.36. The van der Waals surface area contributed by atoms with Gasteiger partial charge in [0.2, 0.25) is 0 Å². The largest absolute Gasteiger partial charge is 0.456 e.